The van der Waals surface area contributed by atoms with E-state index in [0.29, 0.717) is 11.3 Å². The molecule has 1 heterocycles. The highest BCUT2D eigenvalue weighted by Gasteiger charge is 2.25. The molecule has 3 heteroatoms. The maximum atomic E-state index is 12.1. The number of nitrogens with zero attached hydrogens (tertiary/aromatic N) is 1. The van der Waals surface area contributed by atoms with Crippen molar-refractivity contribution < 1.29 is 9.53 Å². The second kappa shape index (κ2) is 4.43. The minimum atomic E-state index is 0.196. The minimum Gasteiger partial charge on any atom is -0.494 e. The fourth-order valence-electron chi connectivity index (χ4n) is 2.15. The molecule has 0 unspecified atom stereocenters. The molecule has 0 aliphatic heterocycles. The van der Waals surface area contributed by atoms with Gasteiger partial charge in [-0.2, -0.15) is 0 Å². The maximum absolute atomic E-state index is 12.1. The molecule has 0 saturated heterocycles. The molecule has 1 aliphatic carbocycles. The molecule has 2 rings (SSSR count). The second-order valence-corrected chi connectivity index (χ2v) is 3.92. The van der Waals surface area contributed by atoms with Crippen LogP contribution in [-0.2, 0) is 0 Å². The van der Waals surface area contributed by atoms with Gasteiger partial charge in [-0.1, -0.05) is 12.8 Å². The molecule has 0 aromatic carbocycles. The van der Waals surface area contributed by atoms with Crippen molar-refractivity contribution in [2.45, 2.75) is 25.7 Å². The fraction of sp³-hybridized carbons (Fsp3) is 0.500. The Morgan fingerprint density at radius 3 is 2.87 bits per heavy atom. The van der Waals surface area contributed by atoms with Crippen molar-refractivity contribution in [3.05, 3.63) is 24.0 Å². The van der Waals surface area contributed by atoms with Gasteiger partial charge in [-0.25, -0.2) is 0 Å². The van der Waals surface area contributed by atoms with Crippen LogP contribution in [0.25, 0.3) is 0 Å². The smallest absolute Gasteiger partial charge is 0.169 e. The predicted molar refractivity (Wildman–Crippen MR) is 57.1 cm³/mol. The summed E-state index contributed by atoms with van der Waals surface area (Å²) in [6, 6.07) is 1.75. The van der Waals surface area contributed by atoms with Gasteiger partial charge in [0.05, 0.1) is 18.9 Å². The Morgan fingerprint density at radius 2 is 2.20 bits per heavy atom. The van der Waals surface area contributed by atoms with Gasteiger partial charge in [0.2, 0.25) is 0 Å². The molecule has 1 aromatic heterocycles. The Labute approximate surface area is 89.5 Å². The van der Waals surface area contributed by atoms with Crippen molar-refractivity contribution in [3.8, 4) is 5.75 Å². The van der Waals surface area contributed by atoms with E-state index >= 15 is 0 Å². The van der Waals surface area contributed by atoms with Crippen LogP contribution in [0.4, 0.5) is 0 Å². The third-order valence-electron chi connectivity index (χ3n) is 3.00. The van der Waals surface area contributed by atoms with E-state index in [1.165, 1.54) is 12.8 Å². The number of rotatable bonds is 3. The van der Waals surface area contributed by atoms with Crippen LogP contribution in [0.1, 0.15) is 36.0 Å². The molecule has 3 nitrogen and oxygen atoms in total. The SMILES string of the molecule is COc1cnccc1C(=O)C1CCCC1. The molecule has 80 valence electrons. The monoisotopic (exact) mass is 205 g/mol. The number of pyridine rings is 1. The molecule has 1 fully saturated rings. The summed E-state index contributed by atoms with van der Waals surface area (Å²) in [7, 11) is 1.57. The first kappa shape index (κ1) is 10.1. The highest BCUT2D eigenvalue weighted by molar-refractivity contribution is 6.00. The predicted octanol–water partition coefficient (Wildman–Crippen LogP) is 2.46. The molecule has 0 N–H and O–H groups in total. The first-order valence-electron chi connectivity index (χ1n) is 5.35. The van der Waals surface area contributed by atoms with E-state index in [2.05, 4.69) is 4.98 Å². The number of methoxy groups -OCH3 is 1. The average molecular weight is 205 g/mol. The zero-order valence-electron chi connectivity index (χ0n) is 8.90. The third kappa shape index (κ3) is 2.01. The molecule has 1 aliphatic rings. The number of hydrogen-bond donors (Lipinski definition) is 0. The molecule has 0 spiro atoms. The summed E-state index contributed by atoms with van der Waals surface area (Å²) in [6.07, 6.45) is 7.62. The number of aromatic nitrogens is 1. The summed E-state index contributed by atoms with van der Waals surface area (Å²) in [4.78, 5) is 16.1. The quantitative estimate of drug-likeness (QED) is 0.711. The summed E-state index contributed by atoms with van der Waals surface area (Å²) >= 11 is 0. The van der Waals surface area contributed by atoms with Crippen molar-refractivity contribution in [3.63, 3.8) is 0 Å². The Balaban J connectivity index is 2.24. The Bertz CT molecular complexity index is 356. The standard InChI is InChI=1S/C12H15NO2/c1-15-11-8-13-7-6-10(11)12(14)9-4-2-3-5-9/h6-9H,2-5H2,1H3. The van der Waals surface area contributed by atoms with Crippen molar-refractivity contribution in [2.24, 2.45) is 5.92 Å². The summed E-state index contributed by atoms with van der Waals surface area (Å²) < 4.78 is 5.14. The van der Waals surface area contributed by atoms with Crippen LogP contribution in [0.2, 0.25) is 0 Å². The number of hydrogen-bond acceptors (Lipinski definition) is 3. The number of ether oxygens (including phenoxy) is 1. The second-order valence-electron chi connectivity index (χ2n) is 3.92. The number of Topliss-reactive ketones (excluding diaryl/α,β-unsaturated/α-hetero) is 1. The van der Waals surface area contributed by atoms with Crippen molar-refractivity contribution in [1.82, 2.24) is 4.98 Å². The number of carbonyl (C=O) groups excluding carboxylic acids is 1. The molecular weight excluding hydrogens is 190 g/mol. The van der Waals surface area contributed by atoms with Gasteiger partial charge in [0.15, 0.2) is 5.78 Å². The van der Waals surface area contributed by atoms with Gasteiger partial charge >= 0.3 is 0 Å². The number of carbonyl (C=O) groups is 1. The first-order valence-corrected chi connectivity index (χ1v) is 5.35. The maximum Gasteiger partial charge on any atom is 0.169 e. The molecule has 0 bridgehead atoms. The third-order valence-corrected chi connectivity index (χ3v) is 3.00. The Kier molecular flexibility index (Phi) is 2.99. The van der Waals surface area contributed by atoms with Gasteiger partial charge in [0.1, 0.15) is 5.75 Å². The van der Waals surface area contributed by atoms with Crippen molar-refractivity contribution in [1.29, 1.82) is 0 Å². The minimum absolute atomic E-state index is 0.196. The lowest BCUT2D eigenvalue weighted by Crippen LogP contribution is -2.12. The molecule has 0 amide bonds. The van der Waals surface area contributed by atoms with E-state index in [4.69, 9.17) is 4.74 Å². The largest absolute Gasteiger partial charge is 0.494 e. The summed E-state index contributed by atoms with van der Waals surface area (Å²) in [5.41, 5.74) is 0.680. The van der Waals surface area contributed by atoms with Gasteiger partial charge in [-0.15, -0.1) is 0 Å². The van der Waals surface area contributed by atoms with Crippen LogP contribution < -0.4 is 4.74 Å². The van der Waals surface area contributed by atoms with Crippen LogP contribution in [0, 0.1) is 5.92 Å². The van der Waals surface area contributed by atoms with E-state index in [9.17, 15) is 4.79 Å². The van der Waals surface area contributed by atoms with E-state index in [1.54, 1.807) is 25.6 Å². The molecule has 0 radical (unpaired) electrons. The Morgan fingerprint density at radius 1 is 1.47 bits per heavy atom. The topological polar surface area (TPSA) is 39.2 Å². The Hall–Kier alpha value is -1.38. The van der Waals surface area contributed by atoms with Crippen LogP contribution in [0.5, 0.6) is 5.75 Å². The average Bonchev–Trinajstić information content (AvgIpc) is 2.81. The van der Waals surface area contributed by atoms with E-state index in [1.807, 2.05) is 0 Å². The molecule has 0 atom stereocenters. The molecule has 1 aromatic rings. The lowest BCUT2D eigenvalue weighted by Gasteiger charge is -2.10. The lowest BCUT2D eigenvalue weighted by molar-refractivity contribution is 0.0919. The fourth-order valence-corrected chi connectivity index (χ4v) is 2.15. The first-order chi connectivity index (χ1) is 7.33. The van der Waals surface area contributed by atoms with Gasteiger partial charge < -0.3 is 4.74 Å². The van der Waals surface area contributed by atoms with Crippen molar-refractivity contribution in [2.75, 3.05) is 7.11 Å². The van der Waals surface area contributed by atoms with Crippen LogP contribution >= 0.6 is 0 Å². The van der Waals surface area contributed by atoms with Gasteiger partial charge in [-0.05, 0) is 18.9 Å². The molecule has 15 heavy (non-hydrogen) atoms. The van der Waals surface area contributed by atoms with E-state index in [0.717, 1.165) is 12.8 Å². The molecule has 1 saturated carbocycles. The number of ketones is 1. The zero-order chi connectivity index (χ0) is 10.7. The highest BCUT2D eigenvalue weighted by atomic mass is 16.5. The lowest BCUT2D eigenvalue weighted by atomic mass is 9.96. The van der Waals surface area contributed by atoms with Crippen LogP contribution in [0.15, 0.2) is 18.5 Å². The highest BCUT2D eigenvalue weighted by Crippen LogP contribution is 2.30. The molecular formula is C12H15NO2. The van der Waals surface area contributed by atoms with Gasteiger partial charge in [0, 0.05) is 12.1 Å². The zero-order valence-corrected chi connectivity index (χ0v) is 8.90. The summed E-state index contributed by atoms with van der Waals surface area (Å²) in [6.45, 7) is 0. The van der Waals surface area contributed by atoms with Crippen LogP contribution in [-0.4, -0.2) is 17.9 Å². The summed E-state index contributed by atoms with van der Waals surface area (Å²) in [5, 5.41) is 0. The normalized spacial score (nSPS) is 16.6. The van der Waals surface area contributed by atoms with E-state index < -0.39 is 0 Å². The van der Waals surface area contributed by atoms with E-state index in [-0.39, 0.29) is 11.7 Å². The summed E-state index contributed by atoms with van der Waals surface area (Å²) in [5.74, 6) is 1.00. The van der Waals surface area contributed by atoms with Gasteiger partial charge in [-0.3, -0.25) is 9.78 Å². The van der Waals surface area contributed by atoms with Crippen molar-refractivity contribution >= 4 is 5.78 Å². The van der Waals surface area contributed by atoms with Gasteiger partial charge in [0.25, 0.3) is 0 Å². The van der Waals surface area contributed by atoms with Crippen LogP contribution in [0.3, 0.4) is 0 Å².